The minimum Gasteiger partial charge on any atom is -0.452 e. The first-order valence-electron chi connectivity index (χ1n) is 9.31. The second-order valence-electron chi connectivity index (χ2n) is 6.95. The molecule has 1 aromatic heterocycles. The van der Waals surface area contributed by atoms with Crippen LogP contribution in [0.5, 0.6) is 0 Å². The van der Waals surface area contributed by atoms with Gasteiger partial charge in [0.05, 0.1) is 33.2 Å². The fourth-order valence-electron chi connectivity index (χ4n) is 2.98. The fourth-order valence-corrected chi connectivity index (χ4v) is 2.98. The number of aromatic nitrogens is 2. The van der Waals surface area contributed by atoms with Gasteiger partial charge in [-0.3, -0.25) is 14.9 Å². The van der Waals surface area contributed by atoms with Crippen LogP contribution in [0.4, 0.5) is 17.1 Å². The van der Waals surface area contributed by atoms with Gasteiger partial charge in [0.2, 0.25) is 0 Å². The highest BCUT2D eigenvalue weighted by Gasteiger charge is 2.19. The monoisotopic (exact) mass is 423 g/mol. The lowest BCUT2D eigenvalue weighted by Crippen LogP contribution is -2.22. The molecule has 3 rings (SSSR count). The Bertz CT molecular complexity index is 1170. The molecule has 0 radical (unpaired) electrons. The second-order valence-corrected chi connectivity index (χ2v) is 6.95. The van der Waals surface area contributed by atoms with E-state index in [1.54, 1.807) is 11.6 Å². The predicted molar refractivity (Wildman–Crippen MR) is 114 cm³/mol. The number of nitrogens with two attached hydrogens (primary N) is 1. The van der Waals surface area contributed by atoms with E-state index in [9.17, 15) is 19.7 Å². The lowest BCUT2D eigenvalue weighted by molar-refractivity contribution is -0.384. The predicted octanol–water partition coefficient (Wildman–Crippen LogP) is 3.08. The molecule has 160 valence electrons. The number of aryl methyl sites for hydroxylation is 2. The van der Waals surface area contributed by atoms with Crippen LogP contribution in [0.1, 0.15) is 27.3 Å². The first kappa shape index (κ1) is 21.5. The lowest BCUT2D eigenvalue weighted by atomic mass is 10.1. The Balaban J connectivity index is 1.69. The number of ether oxygens (including phenoxy) is 1. The molecule has 3 N–H and O–H groups in total. The Morgan fingerprint density at radius 1 is 1.16 bits per heavy atom. The molecule has 0 atom stereocenters. The highest BCUT2D eigenvalue weighted by Crippen LogP contribution is 2.23. The van der Waals surface area contributed by atoms with Crippen molar-refractivity contribution < 1.29 is 19.2 Å². The number of nitro benzene ring substituents is 1. The topological polar surface area (TPSA) is 142 Å². The van der Waals surface area contributed by atoms with Crippen molar-refractivity contribution in [3.63, 3.8) is 0 Å². The molecule has 0 saturated carbocycles. The second kappa shape index (κ2) is 8.66. The average molecular weight is 423 g/mol. The molecule has 0 saturated heterocycles. The van der Waals surface area contributed by atoms with Crippen LogP contribution in [0, 0.1) is 30.9 Å². The van der Waals surface area contributed by atoms with Crippen LogP contribution in [-0.2, 0) is 9.53 Å². The first-order valence-corrected chi connectivity index (χ1v) is 9.31. The number of amides is 1. The van der Waals surface area contributed by atoms with Crippen molar-refractivity contribution in [1.82, 2.24) is 9.78 Å². The van der Waals surface area contributed by atoms with Crippen molar-refractivity contribution in [3.8, 4) is 5.69 Å². The highest BCUT2D eigenvalue weighted by molar-refractivity contribution is 5.99. The Morgan fingerprint density at radius 2 is 1.84 bits per heavy atom. The van der Waals surface area contributed by atoms with Gasteiger partial charge in [0.15, 0.2) is 6.61 Å². The number of esters is 1. The van der Waals surface area contributed by atoms with Crippen LogP contribution in [0.15, 0.2) is 42.5 Å². The number of nitro groups is 1. The number of nitrogens with zero attached hydrogens (tertiary/aromatic N) is 3. The summed E-state index contributed by atoms with van der Waals surface area (Å²) in [5, 5.41) is 18.0. The maximum Gasteiger partial charge on any atom is 0.341 e. The molecular formula is C21H21N5O5. The van der Waals surface area contributed by atoms with Gasteiger partial charge in [-0.05, 0) is 39.0 Å². The van der Waals surface area contributed by atoms with Crippen molar-refractivity contribution in [3.05, 3.63) is 75.1 Å². The summed E-state index contributed by atoms with van der Waals surface area (Å²) >= 11 is 0. The number of benzene rings is 2. The Morgan fingerprint density at radius 3 is 2.48 bits per heavy atom. The zero-order valence-electron chi connectivity index (χ0n) is 17.2. The van der Waals surface area contributed by atoms with Gasteiger partial charge in [0.1, 0.15) is 0 Å². The zero-order chi connectivity index (χ0) is 22.7. The first-order chi connectivity index (χ1) is 14.7. The van der Waals surface area contributed by atoms with Crippen LogP contribution in [-0.4, -0.2) is 33.2 Å². The molecule has 10 heteroatoms. The van der Waals surface area contributed by atoms with E-state index in [0.717, 1.165) is 17.3 Å². The van der Waals surface area contributed by atoms with Crippen LogP contribution >= 0.6 is 0 Å². The van der Waals surface area contributed by atoms with E-state index in [1.165, 1.54) is 12.1 Å². The van der Waals surface area contributed by atoms with E-state index in [-0.39, 0.29) is 16.9 Å². The molecule has 0 spiro atoms. The number of rotatable bonds is 6. The number of carbonyl (C=O) groups excluding carboxylic acids is 2. The smallest absolute Gasteiger partial charge is 0.341 e. The molecule has 3 aromatic rings. The number of non-ortho nitro benzene ring substituents is 1. The molecule has 0 unspecified atom stereocenters. The van der Waals surface area contributed by atoms with E-state index in [4.69, 9.17) is 10.5 Å². The molecule has 0 aliphatic heterocycles. The van der Waals surface area contributed by atoms with Gasteiger partial charge in [-0.1, -0.05) is 17.7 Å². The molecule has 0 aliphatic rings. The van der Waals surface area contributed by atoms with E-state index in [1.807, 2.05) is 38.1 Å². The minimum atomic E-state index is -0.930. The molecule has 2 aromatic carbocycles. The largest absolute Gasteiger partial charge is 0.452 e. The van der Waals surface area contributed by atoms with Crippen LogP contribution in [0.3, 0.4) is 0 Å². The summed E-state index contributed by atoms with van der Waals surface area (Å²) in [7, 11) is 0. The average Bonchev–Trinajstić information content (AvgIpc) is 3.01. The van der Waals surface area contributed by atoms with Crippen LogP contribution in [0.25, 0.3) is 5.69 Å². The van der Waals surface area contributed by atoms with Gasteiger partial charge in [0, 0.05) is 17.8 Å². The maximum atomic E-state index is 12.3. The summed E-state index contributed by atoms with van der Waals surface area (Å²) in [4.78, 5) is 34.8. The third kappa shape index (κ3) is 4.69. The lowest BCUT2D eigenvalue weighted by Gasteiger charge is -2.09. The summed E-state index contributed by atoms with van der Waals surface area (Å²) in [6, 6.07) is 11.2. The molecule has 0 aliphatic carbocycles. The third-order valence-electron chi connectivity index (χ3n) is 4.64. The number of nitrogens with one attached hydrogen (secondary N) is 1. The third-order valence-corrected chi connectivity index (χ3v) is 4.64. The van der Waals surface area contributed by atoms with Crippen LogP contribution in [0.2, 0.25) is 0 Å². The van der Waals surface area contributed by atoms with Gasteiger partial charge in [-0.25, -0.2) is 9.48 Å². The Labute approximate surface area is 177 Å². The number of carbonyl (C=O) groups is 2. The molecule has 1 amide bonds. The minimum absolute atomic E-state index is 0.0158. The fraction of sp³-hybridized carbons (Fsp3) is 0.190. The maximum absolute atomic E-state index is 12.3. The Kier molecular flexibility index (Phi) is 6.00. The normalized spacial score (nSPS) is 10.5. The van der Waals surface area contributed by atoms with Gasteiger partial charge < -0.3 is 15.8 Å². The summed E-state index contributed by atoms with van der Waals surface area (Å²) in [6.45, 7) is 4.96. The highest BCUT2D eigenvalue weighted by atomic mass is 16.6. The number of hydrogen-bond donors (Lipinski definition) is 2. The molecular weight excluding hydrogens is 402 g/mol. The molecule has 10 nitrogen and oxygen atoms in total. The van der Waals surface area contributed by atoms with Crippen molar-refractivity contribution in [2.75, 3.05) is 17.7 Å². The van der Waals surface area contributed by atoms with Crippen molar-refractivity contribution in [2.45, 2.75) is 20.8 Å². The molecule has 0 fully saturated rings. The molecule has 31 heavy (non-hydrogen) atoms. The summed E-state index contributed by atoms with van der Waals surface area (Å²) in [5.41, 5.74) is 9.01. The van der Waals surface area contributed by atoms with E-state index in [0.29, 0.717) is 17.1 Å². The van der Waals surface area contributed by atoms with Gasteiger partial charge >= 0.3 is 5.97 Å². The van der Waals surface area contributed by atoms with E-state index < -0.39 is 23.4 Å². The number of hydrogen-bond acceptors (Lipinski definition) is 7. The molecule has 0 bridgehead atoms. The van der Waals surface area contributed by atoms with Gasteiger partial charge in [-0.2, -0.15) is 5.10 Å². The SMILES string of the molecule is Cc1ccc(-n2nc(C)c(NC(=O)COC(=O)c3cc([N+](=O)[O-])ccc3N)c2C)cc1. The van der Waals surface area contributed by atoms with Crippen molar-refractivity contribution in [1.29, 1.82) is 0 Å². The van der Waals surface area contributed by atoms with Crippen molar-refractivity contribution >= 4 is 28.9 Å². The standard InChI is InChI=1S/C21H21N5O5/c1-12-4-6-15(7-5-12)25-14(3)20(13(2)24-25)23-19(27)11-31-21(28)17-10-16(26(29)30)8-9-18(17)22/h4-10H,11,22H2,1-3H3,(H,23,27). The number of nitrogen functional groups attached to an aromatic ring is 1. The van der Waals surface area contributed by atoms with Gasteiger partial charge in [-0.15, -0.1) is 0 Å². The number of anilines is 2. The molecule has 1 heterocycles. The summed E-state index contributed by atoms with van der Waals surface area (Å²) in [6.07, 6.45) is 0. The van der Waals surface area contributed by atoms with E-state index in [2.05, 4.69) is 10.4 Å². The van der Waals surface area contributed by atoms with Crippen LogP contribution < -0.4 is 11.1 Å². The van der Waals surface area contributed by atoms with Gasteiger partial charge in [0.25, 0.3) is 11.6 Å². The summed E-state index contributed by atoms with van der Waals surface area (Å²) < 4.78 is 6.69. The Hall–Kier alpha value is -4.21. The zero-order valence-corrected chi connectivity index (χ0v) is 17.2. The van der Waals surface area contributed by atoms with E-state index >= 15 is 0 Å². The van der Waals surface area contributed by atoms with Crippen molar-refractivity contribution in [2.24, 2.45) is 0 Å². The quantitative estimate of drug-likeness (QED) is 0.268. The summed E-state index contributed by atoms with van der Waals surface area (Å²) in [5.74, 6) is -1.51.